The molecule has 17 heteroatoms. The second kappa shape index (κ2) is 17.3. The molecular formula is C50H55N6O10P. The predicted molar refractivity (Wildman–Crippen MR) is 241 cm³/mol. The third-order valence-corrected chi connectivity index (χ3v) is 15.6. The van der Waals surface area contributed by atoms with Crippen LogP contribution in [0.4, 0.5) is 0 Å². The molecule has 0 aliphatic carbocycles. The quantitative estimate of drug-likeness (QED) is 0.171. The Hall–Kier alpha value is -5.95. The molecule has 0 bridgehead atoms. The molecule has 0 saturated carbocycles. The lowest BCUT2D eigenvalue weighted by molar-refractivity contribution is -0.149. The van der Waals surface area contributed by atoms with Crippen molar-refractivity contribution in [2.75, 3.05) is 32.3 Å². The van der Waals surface area contributed by atoms with Crippen LogP contribution in [0.3, 0.4) is 0 Å². The fraction of sp³-hybridized carbons (Fsp3) is 0.520. The van der Waals surface area contributed by atoms with Crippen molar-refractivity contribution in [3.63, 3.8) is 0 Å². The van der Waals surface area contributed by atoms with E-state index < -0.39 is 73.3 Å². The molecule has 3 aromatic rings. The SMILES string of the molecule is CC1(C)Oc2ccc(C#N)cc2C(N2CCCC2=O)C1OCP(=O)(COC1C(N2CCCC2=O)c2cc(C#N)ccc2OC1(C)C)OC1C(N2CCCC2=O)c2cc(C#N)ccc2OC1(C)C. The Kier molecular flexibility index (Phi) is 11.9. The van der Waals surface area contributed by atoms with Gasteiger partial charge in [-0.25, -0.2) is 0 Å². The minimum Gasteiger partial charge on any atom is -0.485 e. The molecular weight excluding hydrogens is 876 g/mol. The van der Waals surface area contributed by atoms with Gasteiger partial charge < -0.3 is 42.9 Å². The summed E-state index contributed by atoms with van der Waals surface area (Å²) in [4.78, 5) is 46.2. The number of amides is 3. The molecule has 16 nitrogen and oxygen atoms in total. The molecule has 6 atom stereocenters. The maximum Gasteiger partial charge on any atom is 0.253 e. The van der Waals surface area contributed by atoms with Crippen molar-refractivity contribution in [3.8, 4) is 35.5 Å². The summed E-state index contributed by atoms with van der Waals surface area (Å²) in [6, 6.07) is 19.4. The highest BCUT2D eigenvalue weighted by Crippen LogP contribution is 2.58. The van der Waals surface area contributed by atoms with E-state index in [0.29, 0.717) is 109 Å². The zero-order valence-corrected chi connectivity index (χ0v) is 39.5. The van der Waals surface area contributed by atoms with E-state index in [0.717, 1.165) is 0 Å². The number of likely N-dealkylation sites (tertiary alicyclic amines) is 3. The number of hydrogen-bond donors (Lipinski definition) is 0. The molecule has 6 unspecified atom stereocenters. The molecule has 0 N–H and O–H groups in total. The van der Waals surface area contributed by atoms with E-state index in [1.807, 2.05) is 27.7 Å². The monoisotopic (exact) mass is 930 g/mol. The molecule has 3 amide bonds. The van der Waals surface area contributed by atoms with Gasteiger partial charge in [0.1, 0.15) is 65.1 Å². The van der Waals surface area contributed by atoms with Gasteiger partial charge in [-0.2, -0.15) is 15.8 Å². The Morgan fingerprint density at radius 1 is 0.552 bits per heavy atom. The Morgan fingerprint density at radius 2 is 0.866 bits per heavy atom. The molecule has 0 aromatic heterocycles. The summed E-state index contributed by atoms with van der Waals surface area (Å²) in [5, 5.41) is 29.9. The van der Waals surface area contributed by atoms with Gasteiger partial charge in [0.05, 0.1) is 53.0 Å². The molecule has 6 aliphatic heterocycles. The van der Waals surface area contributed by atoms with Crippen LogP contribution in [-0.2, 0) is 32.9 Å². The molecule has 3 aromatic carbocycles. The van der Waals surface area contributed by atoms with Gasteiger partial charge in [0.2, 0.25) is 17.7 Å². The lowest BCUT2D eigenvalue weighted by atomic mass is 9.85. The third kappa shape index (κ3) is 8.42. The van der Waals surface area contributed by atoms with E-state index in [2.05, 4.69) is 18.2 Å². The number of hydrogen-bond acceptors (Lipinski definition) is 13. The lowest BCUT2D eigenvalue weighted by Crippen LogP contribution is -2.56. The fourth-order valence-electron chi connectivity index (χ4n) is 10.8. The number of carbonyl (C=O) groups is 3. The summed E-state index contributed by atoms with van der Waals surface area (Å²) >= 11 is 0. The molecule has 6 heterocycles. The van der Waals surface area contributed by atoms with Crippen molar-refractivity contribution >= 4 is 25.1 Å². The second-order valence-corrected chi connectivity index (χ2v) is 22.2. The topological polar surface area (TPSA) is 205 Å². The van der Waals surface area contributed by atoms with Crippen LogP contribution in [0, 0.1) is 34.0 Å². The van der Waals surface area contributed by atoms with Gasteiger partial charge in [-0.1, -0.05) is 0 Å². The summed E-state index contributed by atoms with van der Waals surface area (Å²) in [5.74, 6) is 1.13. The average molecular weight is 931 g/mol. The highest BCUT2D eigenvalue weighted by atomic mass is 31.2. The molecule has 0 spiro atoms. The van der Waals surface area contributed by atoms with E-state index >= 15 is 4.57 Å². The van der Waals surface area contributed by atoms with Gasteiger partial charge in [0.25, 0.3) is 7.37 Å². The lowest BCUT2D eigenvalue weighted by Gasteiger charge is -2.50. The summed E-state index contributed by atoms with van der Waals surface area (Å²) in [7, 11) is -4.34. The molecule has 6 aliphatic rings. The van der Waals surface area contributed by atoms with Crippen LogP contribution in [0.1, 0.15) is 132 Å². The second-order valence-electron chi connectivity index (χ2n) is 19.9. The minimum atomic E-state index is -4.34. The van der Waals surface area contributed by atoms with E-state index in [-0.39, 0.29) is 17.7 Å². The zero-order chi connectivity index (χ0) is 47.6. The maximum absolute atomic E-state index is 16.4. The smallest absolute Gasteiger partial charge is 0.253 e. The van der Waals surface area contributed by atoms with Crippen molar-refractivity contribution in [1.29, 1.82) is 15.8 Å². The molecule has 350 valence electrons. The van der Waals surface area contributed by atoms with Gasteiger partial charge in [0, 0.05) is 55.6 Å². The van der Waals surface area contributed by atoms with Gasteiger partial charge in [-0.15, -0.1) is 0 Å². The van der Waals surface area contributed by atoms with E-state index in [1.165, 1.54) is 0 Å². The van der Waals surface area contributed by atoms with E-state index in [1.54, 1.807) is 83.1 Å². The van der Waals surface area contributed by atoms with Gasteiger partial charge in [-0.05, 0) is 115 Å². The largest absolute Gasteiger partial charge is 0.485 e. The number of fused-ring (bicyclic) bond motifs is 3. The van der Waals surface area contributed by atoms with Crippen molar-refractivity contribution in [2.45, 2.75) is 133 Å². The van der Waals surface area contributed by atoms with Crippen LogP contribution in [-0.4, -0.2) is 99.9 Å². The average Bonchev–Trinajstić information content (AvgIpc) is 4.04. The number of nitriles is 3. The molecule has 0 radical (unpaired) electrons. The van der Waals surface area contributed by atoms with Gasteiger partial charge >= 0.3 is 0 Å². The van der Waals surface area contributed by atoms with Crippen LogP contribution in [0.25, 0.3) is 0 Å². The van der Waals surface area contributed by atoms with Gasteiger partial charge in [0.15, 0.2) is 0 Å². The number of ether oxygens (including phenoxy) is 5. The standard InChI is InChI=1S/C50H55N6O10P/c1-48(2)45(42(54-19-7-10-39(54)57)33-22-30(25-51)13-16-36(33)63-48)61-28-67(60,66-47-44(56-21-9-12-41(56)59)35-24-32(27-53)15-18-38(35)65-50(47,5)6)29-62-46-43(55-20-8-11-40(55)58)34-23-31(26-52)14-17-37(34)64-49(46,3)4/h13-18,22-24,42-47H,7-12,19-21,28-29H2,1-6H3. The molecule has 67 heavy (non-hydrogen) atoms. The maximum atomic E-state index is 16.4. The summed E-state index contributed by atoms with van der Waals surface area (Å²) in [6.45, 7) is 12.2. The van der Waals surface area contributed by atoms with Crippen LogP contribution < -0.4 is 14.2 Å². The number of nitrogens with zero attached hydrogens (tertiary/aromatic N) is 6. The molecule has 3 saturated heterocycles. The van der Waals surface area contributed by atoms with E-state index in [4.69, 9.17) is 28.2 Å². The highest BCUT2D eigenvalue weighted by Gasteiger charge is 2.56. The summed E-state index contributed by atoms with van der Waals surface area (Å²) in [6.07, 6.45) is -1.35. The first-order chi connectivity index (χ1) is 31.9. The van der Waals surface area contributed by atoms with Crippen molar-refractivity contribution < 1.29 is 47.2 Å². The first-order valence-electron chi connectivity index (χ1n) is 22.9. The predicted octanol–water partition coefficient (Wildman–Crippen LogP) is 7.55. The van der Waals surface area contributed by atoms with Crippen LogP contribution in [0.5, 0.6) is 17.2 Å². The summed E-state index contributed by atoms with van der Waals surface area (Å²) in [5.41, 5.74) is -0.678. The zero-order valence-electron chi connectivity index (χ0n) is 38.7. The normalized spacial score (nSPS) is 27.6. The van der Waals surface area contributed by atoms with Crippen LogP contribution in [0.15, 0.2) is 54.6 Å². The highest BCUT2D eigenvalue weighted by molar-refractivity contribution is 7.58. The third-order valence-electron chi connectivity index (χ3n) is 14.0. The van der Waals surface area contributed by atoms with Crippen LogP contribution >= 0.6 is 7.37 Å². The van der Waals surface area contributed by atoms with Crippen molar-refractivity contribution in [1.82, 2.24) is 14.7 Å². The van der Waals surface area contributed by atoms with Gasteiger partial charge in [-0.3, -0.25) is 18.9 Å². The molecule has 9 rings (SSSR count). The summed E-state index contributed by atoms with van der Waals surface area (Å²) < 4.78 is 57.1. The fourth-order valence-corrected chi connectivity index (χ4v) is 12.6. The number of carbonyl (C=O) groups excluding carboxylic acids is 3. The Labute approximate surface area is 390 Å². The van der Waals surface area contributed by atoms with Crippen molar-refractivity contribution in [3.05, 3.63) is 88.0 Å². The van der Waals surface area contributed by atoms with E-state index in [9.17, 15) is 30.2 Å². The van der Waals surface area contributed by atoms with Crippen molar-refractivity contribution in [2.24, 2.45) is 0 Å². The van der Waals surface area contributed by atoms with Crippen LogP contribution in [0.2, 0.25) is 0 Å². The number of benzene rings is 3. The number of rotatable bonds is 11. The Morgan fingerprint density at radius 3 is 1.16 bits per heavy atom. The molecule has 3 fully saturated rings. The first-order valence-corrected chi connectivity index (χ1v) is 24.9. The minimum absolute atomic E-state index is 0.0936. The Balaban J connectivity index is 1.14. The Bertz CT molecular complexity index is 2580. The first kappa shape index (κ1) is 46.2.